The van der Waals surface area contributed by atoms with Crippen molar-refractivity contribution in [2.24, 2.45) is 0 Å². The molecule has 1 fully saturated rings. The minimum atomic E-state index is 0.245. The van der Waals surface area contributed by atoms with Gasteiger partial charge in [0.1, 0.15) is 12.4 Å². The molecular formula is C16H24BrNO2. The molecule has 0 radical (unpaired) electrons. The van der Waals surface area contributed by atoms with Crippen molar-refractivity contribution in [3.8, 4) is 5.75 Å². The lowest BCUT2D eigenvalue weighted by Crippen LogP contribution is -2.26. The van der Waals surface area contributed by atoms with Crippen molar-refractivity contribution >= 4 is 15.9 Å². The zero-order valence-corrected chi connectivity index (χ0v) is 13.9. The van der Waals surface area contributed by atoms with Crippen molar-refractivity contribution in [2.45, 2.75) is 45.3 Å². The normalized spacial score (nSPS) is 20.6. The van der Waals surface area contributed by atoms with Gasteiger partial charge in [0.15, 0.2) is 0 Å². The van der Waals surface area contributed by atoms with E-state index in [1.807, 2.05) is 12.1 Å². The van der Waals surface area contributed by atoms with Gasteiger partial charge in [0.25, 0.3) is 0 Å². The van der Waals surface area contributed by atoms with Crippen LogP contribution in [0, 0.1) is 0 Å². The van der Waals surface area contributed by atoms with Crippen LogP contribution in [-0.2, 0) is 4.74 Å². The average molecular weight is 342 g/mol. The van der Waals surface area contributed by atoms with E-state index < -0.39 is 0 Å². The maximum atomic E-state index is 6.01. The van der Waals surface area contributed by atoms with Crippen LogP contribution in [0.1, 0.15) is 44.7 Å². The summed E-state index contributed by atoms with van der Waals surface area (Å²) in [6.45, 7) is 6.74. The first-order valence-electron chi connectivity index (χ1n) is 7.48. The van der Waals surface area contributed by atoms with Crippen molar-refractivity contribution in [3.05, 3.63) is 28.2 Å². The van der Waals surface area contributed by atoms with Gasteiger partial charge in [0, 0.05) is 22.7 Å². The van der Waals surface area contributed by atoms with E-state index in [4.69, 9.17) is 9.47 Å². The Morgan fingerprint density at radius 1 is 1.45 bits per heavy atom. The molecule has 1 aromatic rings. The maximum Gasteiger partial charge on any atom is 0.124 e. The lowest BCUT2D eigenvalue weighted by atomic mass is 10.1. The first-order chi connectivity index (χ1) is 9.70. The molecule has 0 aromatic heterocycles. The van der Waals surface area contributed by atoms with Crippen molar-refractivity contribution in [1.29, 1.82) is 0 Å². The van der Waals surface area contributed by atoms with Gasteiger partial charge in [0.2, 0.25) is 0 Å². The van der Waals surface area contributed by atoms with Gasteiger partial charge in [-0.25, -0.2) is 0 Å². The molecule has 1 saturated heterocycles. The van der Waals surface area contributed by atoms with E-state index in [0.29, 0.717) is 6.61 Å². The highest BCUT2D eigenvalue weighted by Gasteiger charge is 2.17. The summed E-state index contributed by atoms with van der Waals surface area (Å²) in [7, 11) is 0. The van der Waals surface area contributed by atoms with E-state index in [0.717, 1.165) is 29.8 Å². The van der Waals surface area contributed by atoms with Crippen LogP contribution in [-0.4, -0.2) is 25.9 Å². The SMILES string of the molecule is CCNC(C)c1cc(Br)ccc1OCC1CCCCO1. The van der Waals surface area contributed by atoms with Crippen LogP contribution >= 0.6 is 15.9 Å². The van der Waals surface area contributed by atoms with Gasteiger partial charge >= 0.3 is 0 Å². The maximum absolute atomic E-state index is 6.01. The highest BCUT2D eigenvalue weighted by molar-refractivity contribution is 9.10. The van der Waals surface area contributed by atoms with E-state index in [1.165, 1.54) is 18.4 Å². The summed E-state index contributed by atoms with van der Waals surface area (Å²) >= 11 is 3.54. The second kappa shape index (κ2) is 8.01. The Hall–Kier alpha value is -0.580. The molecule has 2 unspecified atom stereocenters. The summed E-state index contributed by atoms with van der Waals surface area (Å²) in [5, 5.41) is 3.44. The Morgan fingerprint density at radius 2 is 2.30 bits per heavy atom. The number of benzene rings is 1. The quantitative estimate of drug-likeness (QED) is 0.845. The zero-order chi connectivity index (χ0) is 14.4. The van der Waals surface area contributed by atoms with Crippen molar-refractivity contribution in [1.82, 2.24) is 5.32 Å². The topological polar surface area (TPSA) is 30.5 Å². The molecule has 0 bridgehead atoms. The van der Waals surface area contributed by atoms with Crippen molar-refractivity contribution in [3.63, 3.8) is 0 Å². The van der Waals surface area contributed by atoms with Gasteiger partial charge in [-0.3, -0.25) is 0 Å². The lowest BCUT2D eigenvalue weighted by Gasteiger charge is -2.24. The molecule has 1 aliphatic rings. The summed E-state index contributed by atoms with van der Waals surface area (Å²) in [5.41, 5.74) is 1.19. The van der Waals surface area contributed by atoms with E-state index >= 15 is 0 Å². The largest absolute Gasteiger partial charge is 0.491 e. The van der Waals surface area contributed by atoms with Crippen LogP contribution in [0.2, 0.25) is 0 Å². The van der Waals surface area contributed by atoms with Gasteiger partial charge < -0.3 is 14.8 Å². The number of hydrogen-bond acceptors (Lipinski definition) is 3. The second-order valence-corrected chi connectivity index (χ2v) is 6.18. The summed E-state index contributed by atoms with van der Waals surface area (Å²) in [6.07, 6.45) is 3.77. The summed E-state index contributed by atoms with van der Waals surface area (Å²) in [4.78, 5) is 0. The molecule has 1 aliphatic heterocycles. The fourth-order valence-corrected chi connectivity index (χ4v) is 2.91. The zero-order valence-electron chi connectivity index (χ0n) is 12.3. The molecule has 0 spiro atoms. The Morgan fingerprint density at radius 3 is 3.00 bits per heavy atom. The highest BCUT2D eigenvalue weighted by atomic mass is 79.9. The van der Waals surface area contributed by atoms with E-state index in [-0.39, 0.29) is 12.1 Å². The van der Waals surface area contributed by atoms with E-state index in [2.05, 4.69) is 41.2 Å². The highest BCUT2D eigenvalue weighted by Crippen LogP contribution is 2.29. The number of halogens is 1. The predicted octanol–water partition coefficient (Wildman–Crippen LogP) is 4.07. The summed E-state index contributed by atoms with van der Waals surface area (Å²) in [6, 6.07) is 6.47. The predicted molar refractivity (Wildman–Crippen MR) is 85.3 cm³/mol. The minimum absolute atomic E-state index is 0.245. The van der Waals surface area contributed by atoms with Crippen molar-refractivity contribution < 1.29 is 9.47 Å². The standard InChI is InChI=1S/C16H24BrNO2/c1-3-18-12(2)15-10-13(17)7-8-16(15)20-11-14-6-4-5-9-19-14/h7-8,10,12,14,18H,3-6,9,11H2,1-2H3. The third kappa shape index (κ3) is 4.47. The van der Waals surface area contributed by atoms with Crippen LogP contribution in [0.4, 0.5) is 0 Å². The molecule has 4 heteroatoms. The molecule has 2 atom stereocenters. The molecule has 1 N–H and O–H groups in total. The first-order valence-corrected chi connectivity index (χ1v) is 8.27. The van der Waals surface area contributed by atoms with Gasteiger partial charge in [-0.1, -0.05) is 22.9 Å². The average Bonchev–Trinajstić information content (AvgIpc) is 2.47. The summed E-state index contributed by atoms with van der Waals surface area (Å²) < 4.78 is 12.8. The fraction of sp³-hybridized carbons (Fsp3) is 0.625. The molecule has 0 amide bonds. The molecule has 0 saturated carbocycles. The molecular weight excluding hydrogens is 318 g/mol. The smallest absolute Gasteiger partial charge is 0.124 e. The third-order valence-corrected chi connectivity index (χ3v) is 4.14. The van der Waals surface area contributed by atoms with Crippen molar-refractivity contribution in [2.75, 3.05) is 19.8 Å². The third-order valence-electron chi connectivity index (χ3n) is 3.65. The van der Waals surface area contributed by atoms with Crippen LogP contribution < -0.4 is 10.1 Å². The Balaban J connectivity index is 2.01. The van der Waals surface area contributed by atoms with Crippen LogP contribution in [0.15, 0.2) is 22.7 Å². The Bertz CT molecular complexity index is 419. The van der Waals surface area contributed by atoms with Crippen LogP contribution in [0.5, 0.6) is 5.75 Å². The Kier molecular flexibility index (Phi) is 6.33. The molecule has 0 aliphatic carbocycles. The van der Waals surface area contributed by atoms with Gasteiger partial charge in [-0.15, -0.1) is 0 Å². The molecule has 1 aromatic carbocycles. The van der Waals surface area contributed by atoms with E-state index in [9.17, 15) is 0 Å². The number of hydrogen-bond donors (Lipinski definition) is 1. The minimum Gasteiger partial charge on any atom is -0.491 e. The van der Waals surface area contributed by atoms with Crippen LogP contribution in [0.25, 0.3) is 0 Å². The fourth-order valence-electron chi connectivity index (χ4n) is 2.53. The monoisotopic (exact) mass is 341 g/mol. The van der Waals surface area contributed by atoms with Crippen LogP contribution in [0.3, 0.4) is 0 Å². The Labute approximate surface area is 130 Å². The van der Waals surface area contributed by atoms with E-state index in [1.54, 1.807) is 0 Å². The molecule has 3 nitrogen and oxygen atoms in total. The second-order valence-electron chi connectivity index (χ2n) is 5.26. The van der Waals surface area contributed by atoms with Gasteiger partial charge in [-0.2, -0.15) is 0 Å². The molecule has 2 rings (SSSR count). The molecule has 1 heterocycles. The lowest BCUT2D eigenvalue weighted by molar-refractivity contribution is -0.0113. The summed E-state index contributed by atoms with van der Waals surface area (Å²) in [5.74, 6) is 0.954. The van der Waals surface area contributed by atoms with Gasteiger partial charge in [-0.05, 0) is 50.9 Å². The number of nitrogens with one attached hydrogen (secondary N) is 1. The first kappa shape index (κ1) is 15.8. The number of ether oxygens (including phenoxy) is 2. The molecule has 112 valence electrons. The number of rotatable bonds is 6. The molecule has 20 heavy (non-hydrogen) atoms. The van der Waals surface area contributed by atoms with Gasteiger partial charge in [0.05, 0.1) is 6.10 Å².